The maximum atomic E-state index is 13.0. The number of rotatable bonds is 7. The van der Waals surface area contributed by atoms with Gasteiger partial charge in [0.25, 0.3) is 0 Å². The predicted molar refractivity (Wildman–Crippen MR) is 118 cm³/mol. The number of ether oxygens (including phenoxy) is 1. The van der Waals surface area contributed by atoms with Crippen LogP contribution in [0.15, 0.2) is 42.9 Å². The van der Waals surface area contributed by atoms with Gasteiger partial charge in [0.15, 0.2) is 5.78 Å². The zero-order chi connectivity index (χ0) is 21.1. The van der Waals surface area contributed by atoms with Crippen LogP contribution in [0.2, 0.25) is 0 Å². The predicted octanol–water partition coefficient (Wildman–Crippen LogP) is 3.01. The Hall–Kier alpha value is -2.93. The number of benzene rings is 1. The van der Waals surface area contributed by atoms with E-state index in [1.807, 2.05) is 48.1 Å². The number of piperazine rings is 1. The van der Waals surface area contributed by atoms with Crippen LogP contribution in [0.4, 0.5) is 5.82 Å². The third-order valence-electron chi connectivity index (χ3n) is 5.45. The molecule has 0 amide bonds. The molecule has 1 fully saturated rings. The summed E-state index contributed by atoms with van der Waals surface area (Å²) in [6, 6.07) is 9.96. The van der Waals surface area contributed by atoms with Gasteiger partial charge in [0, 0.05) is 62.0 Å². The summed E-state index contributed by atoms with van der Waals surface area (Å²) < 4.78 is 7.75. The largest absolute Gasteiger partial charge is 0.477 e. The maximum Gasteiger partial charge on any atom is 0.218 e. The fourth-order valence-electron chi connectivity index (χ4n) is 3.82. The van der Waals surface area contributed by atoms with E-state index < -0.39 is 0 Å². The molecule has 0 radical (unpaired) electrons. The number of nitrogens with zero attached hydrogens (tertiary/aromatic N) is 5. The molecular formula is C23H29N5O2. The number of fused-ring (bicyclic) bond motifs is 1. The van der Waals surface area contributed by atoms with E-state index in [1.165, 1.54) is 0 Å². The molecule has 30 heavy (non-hydrogen) atoms. The minimum Gasteiger partial charge on any atom is -0.477 e. The first kappa shape index (κ1) is 20.3. The highest BCUT2D eigenvalue weighted by atomic mass is 16.5. The molecule has 1 aromatic carbocycles. The standard InChI is InChI=1S/C23H29N5O2/c1-17(2)15-30-23-12-22(24-16-25-23)28-10-8-27(9-11-28)14-21(29)19-13-26(3)20-7-5-4-6-18(19)20/h4-7,12-13,16-17H,8-11,14-15H2,1-3H3. The third kappa shape index (κ3) is 4.46. The number of aryl methyl sites for hydroxylation is 1. The lowest BCUT2D eigenvalue weighted by Crippen LogP contribution is -2.48. The normalized spacial score (nSPS) is 15.1. The van der Waals surface area contributed by atoms with Crippen molar-refractivity contribution in [3.8, 4) is 5.88 Å². The number of carbonyl (C=O) groups excluding carboxylic acids is 1. The lowest BCUT2D eigenvalue weighted by atomic mass is 10.1. The first-order chi connectivity index (χ1) is 14.5. The van der Waals surface area contributed by atoms with E-state index in [-0.39, 0.29) is 5.78 Å². The first-order valence-corrected chi connectivity index (χ1v) is 10.5. The number of hydrogen-bond acceptors (Lipinski definition) is 6. The Morgan fingerprint density at radius 3 is 2.67 bits per heavy atom. The number of ketones is 1. The van der Waals surface area contributed by atoms with Crippen molar-refractivity contribution < 1.29 is 9.53 Å². The Balaban J connectivity index is 1.36. The van der Waals surface area contributed by atoms with Crippen LogP contribution in [0.3, 0.4) is 0 Å². The summed E-state index contributed by atoms with van der Waals surface area (Å²) in [5, 5.41) is 1.03. The average molecular weight is 408 g/mol. The number of aromatic nitrogens is 3. The quantitative estimate of drug-likeness (QED) is 0.561. The molecule has 0 saturated carbocycles. The monoisotopic (exact) mass is 407 g/mol. The number of anilines is 1. The van der Waals surface area contributed by atoms with E-state index in [9.17, 15) is 4.79 Å². The molecule has 0 atom stereocenters. The molecule has 1 saturated heterocycles. The lowest BCUT2D eigenvalue weighted by Gasteiger charge is -2.35. The summed E-state index contributed by atoms with van der Waals surface area (Å²) in [6.45, 7) is 8.59. The van der Waals surface area contributed by atoms with Crippen molar-refractivity contribution in [1.29, 1.82) is 0 Å². The highest BCUT2D eigenvalue weighted by Crippen LogP contribution is 2.22. The van der Waals surface area contributed by atoms with Gasteiger partial charge in [0.2, 0.25) is 5.88 Å². The minimum absolute atomic E-state index is 0.173. The van der Waals surface area contributed by atoms with Gasteiger partial charge < -0.3 is 14.2 Å². The van der Waals surface area contributed by atoms with Crippen LogP contribution in [0.5, 0.6) is 5.88 Å². The summed E-state index contributed by atoms with van der Waals surface area (Å²) in [5.74, 6) is 2.11. The first-order valence-electron chi connectivity index (χ1n) is 10.5. The minimum atomic E-state index is 0.173. The van der Waals surface area contributed by atoms with Crippen molar-refractivity contribution in [3.05, 3.63) is 48.4 Å². The van der Waals surface area contributed by atoms with Gasteiger partial charge in [-0.15, -0.1) is 0 Å². The smallest absolute Gasteiger partial charge is 0.218 e. The second kappa shape index (κ2) is 8.83. The van der Waals surface area contributed by atoms with Crippen LogP contribution in [0.25, 0.3) is 10.9 Å². The van der Waals surface area contributed by atoms with Gasteiger partial charge in [-0.1, -0.05) is 32.0 Å². The van der Waals surface area contributed by atoms with Gasteiger partial charge in [-0.05, 0) is 12.0 Å². The molecule has 7 nitrogen and oxygen atoms in total. The molecule has 7 heteroatoms. The number of para-hydroxylation sites is 1. The Morgan fingerprint density at radius 1 is 1.13 bits per heavy atom. The molecule has 0 unspecified atom stereocenters. The molecule has 3 heterocycles. The fraction of sp³-hybridized carbons (Fsp3) is 0.435. The summed E-state index contributed by atoms with van der Waals surface area (Å²) in [6.07, 6.45) is 3.50. The van der Waals surface area contributed by atoms with Crippen LogP contribution in [-0.4, -0.2) is 64.5 Å². The van der Waals surface area contributed by atoms with E-state index in [0.29, 0.717) is 24.9 Å². The van der Waals surface area contributed by atoms with Crippen LogP contribution >= 0.6 is 0 Å². The lowest BCUT2D eigenvalue weighted by molar-refractivity contribution is 0.0928. The van der Waals surface area contributed by atoms with Crippen molar-refractivity contribution in [3.63, 3.8) is 0 Å². The highest BCUT2D eigenvalue weighted by molar-refractivity contribution is 6.09. The average Bonchev–Trinajstić information content (AvgIpc) is 3.10. The van der Waals surface area contributed by atoms with Crippen LogP contribution in [-0.2, 0) is 7.05 Å². The van der Waals surface area contributed by atoms with Gasteiger partial charge in [-0.25, -0.2) is 9.97 Å². The van der Waals surface area contributed by atoms with Crippen LogP contribution in [0.1, 0.15) is 24.2 Å². The van der Waals surface area contributed by atoms with Crippen molar-refractivity contribution in [2.45, 2.75) is 13.8 Å². The van der Waals surface area contributed by atoms with Crippen molar-refractivity contribution in [2.75, 3.05) is 44.2 Å². The second-order valence-electron chi connectivity index (χ2n) is 8.28. The van der Waals surface area contributed by atoms with Gasteiger partial charge in [0.1, 0.15) is 12.1 Å². The molecule has 4 rings (SSSR count). The molecule has 3 aromatic rings. The number of hydrogen-bond donors (Lipinski definition) is 0. The van der Waals surface area contributed by atoms with Gasteiger partial charge >= 0.3 is 0 Å². The van der Waals surface area contributed by atoms with Gasteiger partial charge in [0.05, 0.1) is 13.2 Å². The SMILES string of the molecule is CC(C)COc1cc(N2CCN(CC(=O)c3cn(C)c4ccccc34)CC2)ncn1. The zero-order valence-electron chi connectivity index (χ0n) is 17.9. The summed E-state index contributed by atoms with van der Waals surface area (Å²) >= 11 is 0. The Labute approximate surface area is 177 Å². The van der Waals surface area contributed by atoms with Crippen LogP contribution in [0, 0.1) is 5.92 Å². The molecule has 0 bridgehead atoms. The maximum absolute atomic E-state index is 13.0. The highest BCUT2D eigenvalue weighted by Gasteiger charge is 2.22. The summed E-state index contributed by atoms with van der Waals surface area (Å²) in [5.41, 5.74) is 1.89. The van der Waals surface area contributed by atoms with Crippen molar-refractivity contribution in [1.82, 2.24) is 19.4 Å². The Morgan fingerprint density at radius 2 is 1.90 bits per heavy atom. The fourth-order valence-corrected chi connectivity index (χ4v) is 3.82. The second-order valence-corrected chi connectivity index (χ2v) is 8.28. The molecule has 1 aliphatic heterocycles. The van der Waals surface area contributed by atoms with E-state index in [2.05, 4.69) is 33.6 Å². The summed E-state index contributed by atoms with van der Waals surface area (Å²) in [4.78, 5) is 26.0. The van der Waals surface area contributed by atoms with E-state index in [4.69, 9.17) is 4.74 Å². The molecule has 2 aromatic heterocycles. The molecule has 1 aliphatic rings. The van der Waals surface area contributed by atoms with Crippen molar-refractivity contribution >= 4 is 22.5 Å². The van der Waals surface area contributed by atoms with E-state index in [0.717, 1.165) is 48.5 Å². The number of carbonyl (C=O) groups is 1. The molecule has 0 aliphatic carbocycles. The molecular weight excluding hydrogens is 378 g/mol. The Bertz CT molecular complexity index is 1020. The Kier molecular flexibility index (Phi) is 5.99. The van der Waals surface area contributed by atoms with E-state index >= 15 is 0 Å². The third-order valence-corrected chi connectivity index (χ3v) is 5.45. The molecule has 158 valence electrons. The summed E-state index contributed by atoms with van der Waals surface area (Å²) in [7, 11) is 1.98. The van der Waals surface area contributed by atoms with Gasteiger partial charge in [-0.2, -0.15) is 0 Å². The van der Waals surface area contributed by atoms with Crippen LogP contribution < -0.4 is 9.64 Å². The molecule has 0 spiro atoms. The van der Waals surface area contributed by atoms with E-state index in [1.54, 1.807) is 6.33 Å². The topological polar surface area (TPSA) is 63.5 Å². The zero-order valence-corrected chi connectivity index (χ0v) is 17.9. The van der Waals surface area contributed by atoms with Crippen molar-refractivity contribution in [2.24, 2.45) is 13.0 Å². The molecule has 0 N–H and O–H groups in total. The van der Waals surface area contributed by atoms with Gasteiger partial charge in [-0.3, -0.25) is 9.69 Å². The number of Topliss-reactive ketones (excluding diaryl/α,β-unsaturated/α-hetero) is 1.